The maximum atomic E-state index is 13.4. The number of urea groups is 1. The molecule has 0 saturated carbocycles. The molecule has 4 amide bonds. The first-order valence-electron chi connectivity index (χ1n) is 10.4. The summed E-state index contributed by atoms with van der Waals surface area (Å²) in [7, 11) is 0. The molecule has 2 aromatic carbocycles. The van der Waals surface area contributed by atoms with Gasteiger partial charge in [0.05, 0.1) is 12.5 Å². The van der Waals surface area contributed by atoms with E-state index in [4.69, 9.17) is 5.26 Å². The highest BCUT2D eigenvalue weighted by atomic mass is 19.1. The topological polar surface area (TPSA) is 93.5 Å². The molecule has 0 aromatic heterocycles. The molecular weight excluding hydrogens is 411 g/mol. The third-order valence-corrected chi connectivity index (χ3v) is 5.60. The first-order valence-corrected chi connectivity index (χ1v) is 10.4. The van der Waals surface area contributed by atoms with Gasteiger partial charge in [0, 0.05) is 12.2 Å². The molecule has 1 fully saturated rings. The summed E-state index contributed by atoms with van der Waals surface area (Å²) in [5.41, 5.74) is 1.60. The van der Waals surface area contributed by atoms with Crippen LogP contribution in [0.4, 0.5) is 14.9 Å². The summed E-state index contributed by atoms with van der Waals surface area (Å²) in [5, 5.41) is 11.7. The van der Waals surface area contributed by atoms with Crippen molar-refractivity contribution in [2.24, 2.45) is 0 Å². The third kappa shape index (κ3) is 4.33. The van der Waals surface area contributed by atoms with Crippen LogP contribution in [0, 0.1) is 31.0 Å². The number of rotatable bonds is 7. The molecule has 1 unspecified atom stereocenters. The van der Waals surface area contributed by atoms with E-state index in [1.807, 2.05) is 38.1 Å². The van der Waals surface area contributed by atoms with Crippen molar-refractivity contribution in [2.45, 2.75) is 39.2 Å². The molecule has 0 radical (unpaired) electrons. The van der Waals surface area contributed by atoms with Crippen molar-refractivity contribution in [2.75, 3.05) is 18.0 Å². The zero-order chi connectivity index (χ0) is 23.5. The summed E-state index contributed by atoms with van der Waals surface area (Å²) in [6.45, 7) is 5.21. The van der Waals surface area contributed by atoms with E-state index in [0.29, 0.717) is 11.3 Å². The van der Waals surface area contributed by atoms with Crippen LogP contribution in [0.15, 0.2) is 42.5 Å². The number of nitrogens with zero attached hydrogens (tertiary/aromatic N) is 3. The second-order valence-electron chi connectivity index (χ2n) is 7.89. The average molecular weight is 436 g/mol. The van der Waals surface area contributed by atoms with Crippen molar-refractivity contribution in [3.05, 3.63) is 65.0 Å². The standard InChI is InChI=1S/C24H25FN4O3/c1-4-24(18-6-8-19(25)9-7-18)22(31)29(23(32)27-24)15-21(30)28(11-5-10-26)20-13-16(2)12-17(3)14-20/h6-9,12-14H,4-5,11,15H2,1-3H3,(H,27,32). The number of anilines is 1. The van der Waals surface area contributed by atoms with Gasteiger partial charge in [-0.25, -0.2) is 9.18 Å². The molecule has 1 N–H and O–H groups in total. The van der Waals surface area contributed by atoms with E-state index in [2.05, 4.69) is 5.32 Å². The van der Waals surface area contributed by atoms with Gasteiger partial charge in [0.15, 0.2) is 0 Å². The largest absolute Gasteiger partial charge is 0.325 e. The van der Waals surface area contributed by atoms with E-state index in [1.165, 1.54) is 29.2 Å². The smallest absolute Gasteiger partial charge is 0.319 e. The molecule has 3 rings (SSSR count). The molecule has 7 nitrogen and oxygen atoms in total. The fourth-order valence-electron chi connectivity index (χ4n) is 4.03. The van der Waals surface area contributed by atoms with Crippen LogP contribution in [0.1, 0.15) is 36.5 Å². The van der Waals surface area contributed by atoms with E-state index in [0.717, 1.165) is 16.0 Å². The molecule has 1 atom stereocenters. The highest BCUT2D eigenvalue weighted by Crippen LogP contribution is 2.32. The van der Waals surface area contributed by atoms with Gasteiger partial charge in [0.1, 0.15) is 17.9 Å². The van der Waals surface area contributed by atoms with E-state index in [9.17, 15) is 18.8 Å². The zero-order valence-electron chi connectivity index (χ0n) is 18.3. The van der Waals surface area contributed by atoms with Crippen LogP contribution in [0.25, 0.3) is 0 Å². The van der Waals surface area contributed by atoms with Gasteiger partial charge in [-0.15, -0.1) is 0 Å². The van der Waals surface area contributed by atoms with Crippen molar-refractivity contribution < 1.29 is 18.8 Å². The quantitative estimate of drug-likeness (QED) is 0.672. The molecule has 1 aliphatic heterocycles. The van der Waals surface area contributed by atoms with E-state index < -0.39 is 35.7 Å². The lowest BCUT2D eigenvalue weighted by Crippen LogP contribution is -2.46. The molecule has 166 valence electrons. The Kier molecular flexibility index (Phi) is 6.58. The Balaban J connectivity index is 1.89. The van der Waals surface area contributed by atoms with Gasteiger partial charge < -0.3 is 10.2 Å². The number of hydrogen-bond donors (Lipinski definition) is 1. The van der Waals surface area contributed by atoms with Crippen molar-refractivity contribution >= 4 is 23.5 Å². The van der Waals surface area contributed by atoms with E-state index >= 15 is 0 Å². The summed E-state index contributed by atoms with van der Waals surface area (Å²) >= 11 is 0. The molecule has 2 aromatic rings. The lowest BCUT2D eigenvalue weighted by Gasteiger charge is -2.27. The van der Waals surface area contributed by atoms with Crippen LogP contribution in [-0.4, -0.2) is 35.8 Å². The van der Waals surface area contributed by atoms with Gasteiger partial charge in [0.2, 0.25) is 5.91 Å². The van der Waals surface area contributed by atoms with E-state index in [1.54, 1.807) is 6.92 Å². The Morgan fingerprint density at radius 1 is 1.16 bits per heavy atom. The highest BCUT2D eigenvalue weighted by molar-refractivity contribution is 6.10. The summed E-state index contributed by atoms with van der Waals surface area (Å²) in [6.07, 6.45) is 0.344. The number of aryl methyl sites for hydroxylation is 2. The molecule has 32 heavy (non-hydrogen) atoms. The Morgan fingerprint density at radius 3 is 2.34 bits per heavy atom. The van der Waals surface area contributed by atoms with Crippen LogP contribution in [0.5, 0.6) is 0 Å². The predicted molar refractivity (Wildman–Crippen MR) is 117 cm³/mol. The fourth-order valence-corrected chi connectivity index (χ4v) is 4.03. The number of amides is 4. The van der Waals surface area contributed by atoms with Gasteiger partial charge >= 0.3 is 6.03 Å². The number of nitrogens with one attached hydrogen (secondary N) is 1. The Bertz CT molecular complexity index is 1070. The molecule has 0 aliphatic carbocycles. The fraction of sp³-hybridized carbons (Fsp3) is 0.333. The first kappa shape index (κ1) is 22.9. The van der Waals surface area contributed by atoms with Crippen LogP contribution in [-0.2, 0) is 15.1 Å². The van der Waals surface area contributed by atoms with Gasteiger partial charge in [-0.3, -0.25) is 14.5 Å². The highest BCUT2D eigenvalue weighted by Gasteiger charge is 2.51. The minimum Gasteiger partial charge on any atom is -0.319 e. The minimum absolute atomic E-state index is 0.105. The summed E-state index contributed by atoms with van der Waals surface area (Å²) < 4.78 is 13.4. The van der Waals surface area contributed by atoms with Gasteiger partial charge in [0.25, 0.3) is 5.91 Å². The summed E-state index contributed by atoms with van der Waals surface area (Å²) in [6, 6.07) is 12.3. The minimum atomic E-state index is -1.36. The summed E-state index contributed by atoms with van der Waals surface area (Å²) in [4.78, 5) is 41.5. The maximum Gasteiger partial charge on any atom is 0.325 e. The lowest BCUT2D eigenvalue weighted by atomic mass is 9.87. The van der Waals surface area contributed by atoms with Crippen LogP contribution in [0.2, 0.25) is 0 Å². The number of hydrogen-bond acceptors (Lipinski definition) is 4. The van der Waals surface area contributed by atoms with Crippen molar-refractivity contribution in [3.8, 4) is 6.07 Å². The van der Waals surface area contributed by atoms with E-state index in [-0.39, 0.29) is 19.4 Å². The Labute approximate surface area is 186 Å². The molecule has 1 saturated heterocycles. The first-order chi connectivity index (χ1) is 15.2. The lowest BCUT2D eigenvalue weighted by molar-refractivity contribution is -0.134. The van der Waals surface area contributed by atoms with Crippen LogP contribution >= 0.6 is 0 Å². The monoisotopic (exact) mass is 436 g/mol. The molecule has 0 spiro atoms. The Hall–Kier alpha value is -3.73. The van der Waals surface area contributed by atoms with Crippen molar-refractivity contribution in [1.82, 2.24) is 10.2 Å². The average Bonchev–Trinajstić information content (AvgIpc) is 2.99. The number of benzene rings is 2. The van der Waals surface area contributed by atoms with Gasteiger partial charge in [-0.1, -0.05) is 25.1 Å². The normalized spacial score (nSPS) is 17.8. The van der Waals surface area contributed by atoms with Crippen molar-refractivity contribution in [3.63, 3.8) is 0 Å². The van der Waals surface area contributed by atoms with Crippen molar-refractivity contribution in [1.29, 1.82) is 5.26 Å². The second-order valence-corrected chi connectivity index (χ2v) is 7.89. The molecule has 0 bridgehead atoms. The van der Waals surface area contributed by atoms with Gasteiger partial charge in [-0.05, 0) is 61.2 Å². The number of halogens is 1. The molecule has 1 aliphatic rings. The number of carbonyl (C=O) groups is 3. The Morgan fingerprint density at radius 2 is 1.78 bits per heavy atom. The zero-order valence-corrected chi connectivity index (χ0v) is 18.3. The third-order valence-electron chi connectivity index (χ3n) is 5.60. The number of carbonyl (C=O) groups excluding carboxylic acids is 3. The molecule has 1 heterocycles. The predicted octanol–water partition coefficient (Wildman–Crippen LogP) is 3.55. The molecule has 8 heteroatoms. The number of imide groups is 1. The van der Waals surface area contributed by atoms with Crippen LogP contribution in [0.3, 0.4) is 0 Å². The maximum absolute atomic E-state index is 13.4. The second kappa shape index (κ2) is 9.18. The SMILES string of the molecule is CCC1(c2ccc(F)cc2)NC(=O)N(CC(=O)N(CCC#N)c2cc(C)cc(C)c2)C1=O. The van der Waals surface area contributed by atoms with Gasteiger partial charge in [-0.2, -0.15) is 5.26 Å². The van der Waals surface area contributed by atoms with Crippen LogP contribution < -0.4 is 10.2 Å². The number of nitriles is 1. The molecular formula is C24H25FN4O3. The summed E-state index contributed by atoms with van der Waals surface area (Å²) in [5.74, 6) is -1.49.